The quantitative estimate of drug-likeness (QED) is 0.742. The number of aryl methyl sites for hydroxylation is 1. The highest BCUT2D eigenvalue weighted by Crippen LogP contribution is 2.27. The van der Waals surface area contributed by atoms with E-state index in [1.807, 2.05) is 31.2 Å². The van der Waals surface area contributed by atoms with Crippen LogP contribution in [0.4, 0.5) is 4.39 Å². The van der Waals surface area contributed by atoms with Crippen molar-refractivity contribution in [2.75, 3.05) is 6.61 Å². The molecule has 3 rings (SSSR count). The Morgan fingerprint density at radius 1 is 1.12 bits per heavy atom. The summed E-state index contributed by atoms with van der Waals surface area (Å²) in [6.07, 6.45) is 0. The molecule has 6 heteroatoms. The molecule has 0 unspecified atom stereocenters. The van der Waals surface area contributed by atoms with Crippen LogP contribution in [0.2, 0.25) is 0 Å². The lowest BCUT2D eigenvalue weighted by Gasteiger charge is -2.07. The normalized spacial score (nSPS) is 10.6. The molecule has 0 aliphatic rings. The number of ether oxygens (including phenoxy) is 1. The van der Waals surface area contributed by atoms with E-state index in [1.165, 1.54) is 12.1 Å². The van der Waals surface area contributed by atoms with E-state index in [0.29, 0.717) is 5.69 Å². The SMILES string of the molecule is CCOC(=O)c1n[nH]nc1-c1ccc(-c2cc(F)ccc2C)cc1. The number of nitrogens with zero attached hydrogens (tertiary/aromatic N) is 2. The number of halogens is 1. The first kappa shape index (κ1) is 15.9. The molecule has 0 atom stereocenters. The van der Waals surface area contributed by atoms with E-state index < -0.39 is 5.97 Å². The maximum absolute atomic E-state index is 13.5. The molecule has 0 aliphatic heterocycles. The van der Waals surface area contributed by atoms with Gasteiger partial charge in [0.1, 0.15) is 11.5 Å². The number of aromatic nitrogens is 3. The second kappa shape index (κ2) is 6.62. The summed E-state index contributed by atoms with van der Waals surface area (Å²) in [5.41, 5.74) is 3.99. The van der Waals surface area contributed by atoms with Crippen molar-refractivity contribution in [3.8, 4) is 22.4 Å². The summed E-state index contributed by atoms with van der Waals surface area (Å²) in [5, 5.41) is 10.3. The third-order valence-electron chi connectivity index (χ3n) is 3.69. The molecule has 0 aliphatic carbocycles. The van der Waals surface area contributed by atoms with Crippen molar-refractivity contribution in [2.45, 2.75) is 13.8 Å². The predicted octanol–water partition coefficient (Wildman–Crippen LogP) is 3.76. The Hall–Kier alpha value is -3.02. The Morgan fingerprint density at radius 2 is 1.83 bits per heavy atom. The number of nitrogens with one attached hydrogen (secondary N) is 1. The molecule has 5 nitrogen and oxygen atoms in total. The van der Waals surface area contributed by atoms with Crippen molar-refractivity contribution in [2.24, 2.45) is 0 Å². The summed E-state index contributed by atoms with van der Waals surface area (Å²) < 4.78 is 18.4. The number of benzene rings is 2. The maximum Gasteiger partial charge on any atom is 0.361 e. The van der Waals surface area contributed by atoms with Crippen molar-refractivity contribution in [3.05, 3.63) is 59.5 Å². The van der Waals surface area contributed by atoms with E-state index in [2.05, 4.69) is 15.4 Å². The van der Waals surface area contributed by atoms with E-state index in [9.17, 15) is 9.18 Å². The van der Waals surface area contributed by atoms with E-state index in [0.717, 1.165) is 22.3 Å². The standard InChI is InChI=1S/C18H16FN3O2/c1-3-24-18(23)17-16(20-22-21-17)13-7-5-12(6-8-13)15-10-14(19)9-4-11(15)2/h4-10H,3H2,1-2H3,(H,20,21,22). The largest absolute Gasteiger partial charge is 0.461 e. The molecule has 0 bridgehead atoms. The van der Waals surface area contributed by atoms with Crippen molar-refractivity contribution in [3.63, 3.8) is 0 Å². The first-order valence-electron chi connectivity index (χ1n) is 7.55. The highest BCUT2D eigenvalue weighted by molar-refractivity contribution is 5.94. The first-order valence-corrected chi connectivity index (χ1v) is 7.55. The first-order chi connectivity index (χ1) is 11.6. The van der Waals surface area contributed by atoms with E-state index in [4.69, 9.17) is 4.74 Å². The van der Waals surface area contributed by atoms with Gasteiger partial charge in [0.05, 0.1) is 6.61 Å². The van der Waals surface area contributed by atoms with Gasteiger partial charge in [-0.25, -0.2) is 9.18 Å². The van der Waals surface area contributed by atoms with Crippen molar-refractivity contribution < 1.29 is 13.9 Å². The Morgan fingerprint density at radius 3 is 2.54 bits per heavy atom. The van der Waals surface area contributed by atoms with E-state index in [-0.39, 0.29) is 18.1 Å². The molecular weight excluding hydrogens is 309 g/mol. The lowest BCUT2D eigenvalue weighted by atomic mass is 9.98. The van der Waals surface area contributed by atoms with Gasteiger partial charge in [-0.05, 0) is 42.7 Å². The fourth-order valence-electron chi connectivity index (χ4n) is 2.49. The van der Waals surface area contributed by atoms with Gasteiger partial charge in [0.25, 0.3) is 0 Å². The van der Waals surface area contributed by atoms with Crippen LogP contribution in [-0.2, 0) is 4.74 Å². The zero-order valence-corrected chi connectivity index (χ0v) is 13.3. The molecule has 0 saturated carbocycles. The number of rotatable bonds is 4. The Kier molecular flexibility index (Phi) is 4.37. The number of hydrogen-bond donors (Lipinski definition) is 1. The van der Waals surface area contributed by atoms with Crippen LogP contribution in [0.3, 0.4) is 0 Å². The predicted molar refractivity (Wildman–Crippen MR) is 87.9 cm³/mol. The molecule has 0 fully saturated rings. The maximum atomic E-state index is 13.5. The van der Waals surface area contributed by atoms with Gasteiger partial charge in [-0.3, -0.25) is 0 Å². The van der Waals surface area contributed by atoms with Crippen LogP contribution in [0.5, 0.6) is 0 Å². The highest BCUT2D eigenvalue weighted by Gasteiger charge is 2.19. The van der Waals surface area contributed by atoms with E-state index >= 15 is 0 Å². The molecule has 0 saturated heterocycles. The minimum absolute atomic E-state index is 0.145. The molecule has 24 heavy (non-hydrogen) atoms. The average Bonchev–Trinajstić information content (AvgIpc) is 3.07. The fourth-order valence-corrected chi connectivity index (χ4v) is 2.49. The summed E-state index contributed by atoms with van der Waals surface area (Å²) in [6.45, 7) is 3.93. The van der Waals surface area contributed by atoms with Crippen molar-refractivity contribution in [1.82, 2.24) is 15.4 Å². The monoisotopic (exact) mass is 325 g/mol. The van der Waals surface area contributed by atoms with Gasteiger partial charge in [0, 0.05) is 5.56 Å². The Balaban J connectivity index is 1.95. The molecule has 1 heterocycles. The van der Waals surface area contributed by atoms with E-state index in [1.54, 1.807) is 13.0 Å². The minimum Gasteiger partial charge on any atom is -0.461 e. The van der Waals surface area contributed by atoms with Gasteiger partial charge in [0.15, 0.2) is 5.69 Å². The topological polar surface area (TPSA) is 67.9 Å². The summed E-state index contributed by atoms with van der Waals surface area (Å²) in [6, 6.07) is 12.1. The molecule has 1 N–H and O–H groups in total. The van der Waals surface area contributed by atoms with Gasteiger partial charge in [-0.1, -0.05) is 30.3 Å². The molecule has 2 aromatic carbocycles. The second-order valence-corrected chi connectivity index (χ2v) is 5.28. The number of hydrogen-bond acceptors (Lipinski definition) is 4. The second-order valence-electron chi connectivity index (χ2n) is 5.28. The van der Waals surface area contributed by atoms with Crippen LogP contribution in [0, 0.1) is 12.7 Å². The van der Waals surface area contributed by atoms with Gasteiger partial charge >= 0.3 is 5.97 Å². The van der Waals surface area contributed by atoms with Gasteiger partial charge in [-0.15, -0.1) is 5.10 Å². The number of carbonyl (C=O) groups is 1. The number of carbonyl (C=O) groups excluding carboxylic acids is 1. The minimum atomic E-state index is -0.522. The van der Waals surface area contributed by atoms with Crippen LogP contribution >= 0.6 is 0 Å². The molecule has 0 radical (unpaired) electrons. The zero-order chi connectivity index (χ0) is 17.1. The summed E-state index contributed by atoms with van der Waals surface area (Å²) in [4.78, 5) is 11.9. The number of esters is 1. The van der Waals surface area contributed by atoms with Gasteiger partial charge < -0.3 is 4.74 Å². The number of H-pyrrole nitrogens is 1. The lowest BCUT2D eigenvalue weighted by molar-refractivity contribution is 0.0520. The molecule has 0 amide bonds. The van der Waals surface area contributed by atoms with Crippen molar-refractivity contribution >= 4 is 5.97 Å². The molecule has 122 valence electrons. The van der Waals surface area contributed by atoms with Crippen LogP contribution in [0.1, 0.15) is 23.0 Å². The van der Waals surface area contributed by atoms with Crippen molar-refractivity contribution in [1.29, 1.82) is 0 Å². The molecule has 0 spiro atoms. The third kappa shape index (κ3) is 3.03. The zero-order valence-electron chi connectivity index (χ0n) is 13.3. The van der Waals surface area contributed by atoms with Crippen LogP contribution in [-0.4, -0.2) is 28.0 Å². The molecule has 1 aromatic heterocycles. The number of aromatic amines is 1. The summed E-state index contributed by atoms with van der Waals surface area (Å²) in [5.74, 6) is -0.799. The lowest BCUT2D eigenvalue weighted by Crippen LogP contribution is -2.06. The Labute approximate surface area is 138 Å². The van der Waals surface area contributed by atoms with Gasteiger partial charge in [0.2, 0.25) is 0 Å². The van der Waals surface area contributed by atoms with Crippen LogP contribution < -0.4 is 0 Å². The molecule has 3 aromatic rings. The summed E-state index contributed by atoms with van der Waals surface area (Å²) in [7, 11) is 0. The average molecular weight is 325 g/mol. The third-order valence-corrected chi connectivity index (χ3v) is 3.69. The smallest absolute Gasteiger partial charge is 0.361 e. The highest BCUT2D eigenvalue weighted by atomic mass is 19.1. The van der Waals surface area contributed by atoms with Crippen LogP contribution in [0.15, 0.2) is 42.5 Å². The summed E-state index contributed by atoms with van der Waals surface area (Å²) >= 11 is 0. The fraction of sp³-hybridized carbons (Fsp3) is 0.167. The van der Waals surface area contributed by atoms with Gasteiger partial charge in [-0.2, -0.15) is 10.3 Å². The van der Waals surface area contributed by atoms with Crippen LogP contribution in [0.25, 0.3) is 22.4 Å². The molecular formula is C18H16FN3O2. The Bertz CT molecular complexity index is 872.